The van der Waals surface area contributed by atoms with Crippen molar-refractivity contribution < 1.29 is 8.76 Å². The van der Waals surface area contributed by atoms with Gasteiger partial charge in [0.15, 0.2) is 6.19 Å². The molecule has 1 fully saturated rings. The predicted octanol–water partition coefficient (Wildman–Crippen LogP) is 5.03. The molecule has 1 unspecified atom stereocenters. The standard InChI is InChI=1S/C21H22N2O2S/c22-16-23(26(24)25)21-9-5-4-8-20(21)19-14-12-18(13-15-19)11-10-17-6-2-1-3-7-17/h4-5,8-15,17H,1-3,6-7H2,(H,24,25)/p-1. The highest BCUT2D eigenvalue weighted by atomic mass is 32.2. The van der Waals surface area contributed by atoms with E-state index >= 15 is 0 Å². The minimum Gasteiger partial charge on any atom is -0.754 e. The maximum Gasteiger partial charge on any atom is 0.196 e. The number of anilines is 1. The van der Waals surface area contributed by atoms with Crippen LogP contribution in [0.4, 0.5) is 5.69 Å². The van der Waals surface area contributed by atoms with Gasteiger partial charge in [0.05, 0.1) is 17.0 Å². The zero-order valence-corrected chi connectivity index (χ0v) is 15.3. The number of benzene rings is 2. The topological polar surface area (TPSA) is 67.2 Å². The third-order valence-electron chi connectivity index (χ3n) is 4.80. The average molecular weight is 365 g/mol. The molecule has 1 aliphatic rings. The van der Waals surface area contributed by atoms with Gasteiger partial charge in [-0.3, -0.25) is 4.21 Å². The molecule has 0 N–H and O–H groups in total. The van der Waals surface area contributed by atoms with E-state index in [0.717, 1.165) is 11.1 Å². The summed E-state index contributed by atoms with van der Waals surface area (Å²) in [7, 11) is 0. The second-order valence-corrected chi connectivity index (χ2v) is 7.31. The lowest BCUT2D eigenvalue weighted by Gasteiger charge is -2.20. The number of hydrogen-bond donors (Lipinski definition) is 0. The van der Waals surface area contributed by atoms with Crippen LogP contribution >= 0.6 is 0 Å². The number of hydrogen-bond acceptors (Lipinski definition) is 3. The van der Waals surface area contributed by atoms with E-state index in [9.17, 15) is 8.76 Å². The van der Waals surface area contributed by atoms with E-state index in [0.29, 0.717) is 21.5 Å². The maximum atomic E-state index is 11.3. The molecule has 0 bridgehead atoms. The summed E-state index contributed by atoms with van der Waals surface area (Å²) in [6, 6.07) is 15.0. The Kier molecular flexibility index (Phi) is 6.21. The van der Waals surface area contributed by atoms with Crippen LogP contribution in [0.2, 0.25) is 0 Å². The van der Waals surface area contributed by atoms with Crippen molar-refractivity contribution in [3.63, 3.8) is 0 Å². The molecule has 0 radical (unpaired) electrons. The first-order valence-electron chi connectivity index (χ1n) is 8.86. The SMILES string of the molecule is N#CN(c1ccccc1-c1ccc(C=CC2CCCCC2)cc1)S(=O)[O-]. The number of para-hydroxylation sites is 1. The summed E-state index contributed by atoms with van der Waals surface area (Å²) in [6.45, 7) is 0. The van der Waals surface area contributed by atoms with Gasteiger partial charge in [0.25, 0.3) is 0 Å². The molecule has 0 aliphatic heterocycles. The van der Waals surface area contributed by atoms with Crippen LogP contribution in [0.1, 0.15) is 37.7 Å². The molecular weight excluding hydrogens is 344 g/mol. The summed E-state index contributed by atoms with van der Waals surface area (Å²) >= 11 is -2.64. The number of allylic oxidation sites excluding steroid dienone is 1. The lowest BCUT2D eigenvalue weighted by atomic mass is 9.88. The predicted molar refractivity (Wildman–Crippen MR) is 104 cm³/mol. The summed E-state index contributed by atoms with van der Waals surface area (Å²) in [4.78, 5) is 0. The van der Waals surface area contributed by atoms with Crippen molar-refractivity contribution in [1.29, 1.82) is 5.26 Å². The summed E-state index contributed by atoms with van der Waals surface area (Å²) in [6.07, 6.45) is 12.7. The van der Waals surface area contributed by atoms with Crippen molar-refractivity contribution in [3.05, 3.63) is 60.2 Å². The Labute approximate surface area is 157 Å². The van der Waals surface area contributed by atoms with Crippen LogP contribution in [-0.2, 0) is 11.3 Å². The largest absolute Gasteiger partial charge is 0.754 e. The molecule has 5 heteroatoms. The molecule has 0 amide bonds. The zero-order valence-electron chi connectivity index (χ0n) is 14.5. The van der Waals surface area contributed by atoms with Crippen molar-refractivity contribution in [2.75, 3.05) is 4.31 Å². The first-order valence-corrected chi connectivity index (χ1v) is 9.89. The molecular formula is C21H21N2O2S-. The molecule has 1 aliphatic carbocycles. The van der Waals surface area contributed by atoms with Gasteiger partial charge in [-0.15, -0.1) is 0 Å². The quantitative estimate of drug-likeness (QED) is 0.424. The lowest BCUT2D eigenvalue weighted by molar-refractivity contribution is 0.420. The second kappa shape index (κ2) is 8.79. The van der Waals surface area contributed by atoms with Gasteiger partial charge in [0.1, 0.15) is 0 Å². The van der Waals surface area contributed by atoms with E-state index < -0.39 is 11.3 Å². The zero-order chi connectivity index (χ0) is 18.4. The number of nitrogens with zero attached hydrogens (tertiary/aromatic N) is 2. The lowest BCUT2D eigenvalue weighted by Crippen LogP contribution is -2.19. The van der Waals surface area contributed by atoms with E-state index in [1.165, 1.54) is 32.1 Å². The van der Waals surface area contributed by atoms with Crippen LogP contribution < -0.4 is 4.31 Å². The van der Waals surface area contributed by atoms with E-state index in [4.69, 9.17) is 5.26 Å². The fourth-order valence-corrected chi connectivity index (χ4v) is 3.80. The third-order valence-corrected chi connectivity index (χ3v) is 5.37. The van der Waals surface area contributed by atoms with Crippen molar-refractivity contribution in [2.45, 2.75) is 32.1 Å². The Bertz CT molecular complexity index is 834. The number of nitriles is 1. The summed E-state index contributed by atoms with van der Waals surface area (Å²) < 4.78 is 23.3. The van der Waals surface area contributed by atoms with Crippen LogP contribution in [0.15, 0.2) is 54.6 Å². The van der Waals surface area contributed by atoms with Gasteiger partial charge in [0, 0.05) is 5.56 Å². The van der Waals surface area contributed by atoms with Crippen molar-refractivity contribution >= 4 is 23.0 Å². The molecule has 0 spiro atoms. The van der Waals surface area contributed by atoms with Gasteiger partial charge in [-0.05, 0) is 36.0 Å². The molecule has 3 rings (SSSR count). The summed E-state index contributed by atoms with van der Waals surface area (Å²) in [5.41, 5.74) is 3.07. The minimum atomic E-state index is -2.64. The van der Waals surface area contributed by atoms with Gasteiger partial charge in [-0.1, -0.05) is 73.9 Å². The number of rotatable bonds is 5. The monoisotopic (exact) mass is 365 g/mol. The van der Waals surface area contributed by atoms with Crippen molar-refractivity contribution in [1.82, 2.24) is 0 Å². The van der Waals surface area contributed by atoms with Gasteiger partial charge in [-0.2, -0.15) is 5.26 Å². The van der Waals surface area contributed by atoms with E-state index in [-0.39, 0.29) is 0 Å². The third kappa shape index (κ3) is 4.40. The van der Waals surface area contributed by atoms with Gasteiger partial charge >= 0.3 is 0 Å². The Balaban J connectivity index is 1.82. The molecule has 2 aromatic carbocycles. The molecule has 2 aromatic rings. The normalized spacial score (nSPS) is 16.3. The van der Waals surface area contributed by atoms with Gasteiger partial charge in [0.2, 0.25) is 0 Å². The molecule has 0 heterocycles. The average Bonchev–Trinajstić information content (AvgIpc) is 2.68. The van der Waals surface area contributed by atoms with Crippen molar-refractivity contribution in [3.8, 4) is 17.3 Å². The molecule has 0 aromatic heterocycles. The van der Waals surface area contributed by atoms with Crippen LogP contribution in [-0.4, -0.2) is 8.76 Å². The smallest absolute Gasteiger partial charge is 0.196 e. The molecule has 1 atom stereocenters. The van der Waals surface area contributed by atoms with Gasteiger partial charge in [-0.25, -0.2) is 4.31 Å². The van der Waals surface area contributed by atoms with Crippen LogP contribution in [0.5, 0.6) is 0 Å². The first-order chi connectivity index (χ1) is 12.7. The van der Waals surface area contributed by atoms with E-state index in [1.807, 2.05) is 36.4 Å². The second-order valence-electron chi connectivity index (χ2n) is 6.51. The Hall–Kier alpha value is -2.42. The van der Waals surface area contributed by atoms with Crippen LogP contribution in [0.25, 0.3) is 17.2 Å². The minimum absolute atomic E-state index is 0.355. The van der Waals surface area contributed by atoms with E-state index in [1.54, 1.807) is 18.3 Å². The Morgan fingerprint density at radius 3 is 2.42 bits per heavy atom. The summed E-state index contributed by atoms with van der Waals surface area (Å²) in [5, 5.41) is 9.13. The first kappa shape index (κ1) is 18.4. The van der Waals surface area contributed by atoms with Gasteiger partial charge < -0.3 is 4.55 Å². The Morgan fingerprint density at radius 1 is 1.08 bits per heavy atom. The van der Waals surface area contributed by atoms with Crippen LogP contribution in [0, 0.1) is 17.4 Å². The fraction of sp³-hybridized carbons (Fsp3) is 0.286. The molecule has 1 saturated carbocycles. The molecule has 26 heavy (non-hydrogen) atoms. The highest BCUT2D eigenvalue weighted by molar-refractivity contribution is 7.80. The molecule has 0 saturated heterocycles. The maximum absolute atomic E-state index is 11.3. The Morgan fingerprint density at radius 2 is 1.77 bits per heavy atom. The fourth-order valence-electron chi connectivity index (χ4n) is 3.41. The highest BCUT2D eigenvalue weighted by Gasteiger charge is 2.13. The molecule has 134 valence electrons. The highest BCUT2D eigenvalue weighted by Crippen LogP contribution is 2.31. The van der Waals surface area contributed by atoms with Crippen LogP contribution in [0.3, 0.4) is 0 Å². The van der Waals surface area contributed by atoms with Crippen molar-refractivity contribution in [2.24, 2.45) is 5.92 Å². The molecule has 4 nitrogen and oxygen atoms in total. The summed E-state index contributed by atoms with van der Waals surface area (Å²) in [5.74, 6) is 0.681. The van der Waals surface area contributed by atoms with E-state index in [2.05, 4.69) is 12.2 Å².